The van der Waals surface area contributed by atoms with E-state index >= 15 is 0 Å². The zero-order chi connectivity index (χ0) is 22.6. The minimum atomic E-state index is -0.637. The molecule has 0 aromatic carbocycles. The standard InChI is InChI=1S/C25H49NO4/c1-6-7-8-9-10-11-12-13-14-15-16-17-18-29-24(27)23(19-21(2)3)26-25(28)30-20-22(4)5/h21-23H,6-20H2,1-5H3,(H,26,28)/t23-/m0/s1. The summed E-state index contributed by atoms with van der Waals surface area (Å²) in [5, 5.41) is 2.66. The summed E-state index contributed by atoms with van der Waals surface area (Å²) in [7, 11) is 0. The van der Waals surface area contributed by atoms with Crippen molar-refractivity contribution >= 4 is 12.1 Å². The van der Waals surface area contributed by atoms with Crippen LogP contribution in [0.5, 0.6) is 0 Å². The third kappa shape index (κ3) is 18.7. The van der Waals surface area contributed by atoms with E-state index in [1.165, 1.54) is 64.2 Å². The Bertz CT molecular complexity index is 423. The van der Waals surface area contributed by atoms with Gasteiger partial charge in [0.2, 0.25) is 0 Å². The molecule has 0 bridgehead atoms. The van der Waals surface area contributed by atoms with Crippen LogP contribution in [0.25, 0.3) is 0 Å². The van der Waals surface area contributed by atoms with Crippen molar-refractivity contribution in [3.63, 3.8) is 0 Å². The van der Waals surface area contributed by atoms with Crippen LogP contribution in [0.15, 0.2) is 0 Å². The van der Waals surface area contributed by atoms with E-state index in [0.29, 0.717) is 19.6 Å². The predicted octanol–water partition coefficient (Wildman–Crippen LogP) is 7.03. The van der Waals surface area contributed by atoms with Crippen molar-refractivity contribution < 1.29 is 19.1 Å². The summed E-state index contributed by atoms with van der Waals surface area (Å²) in [4.78, 5) is 24.3. The largest absolute Gasteiger partial charge is 0.464 e. The van der Waals surface area contributed by atoms with Gasteiger partial charge in [0.15, 0.2) is 0 Å². The lowest BCUT2D eigenvalue weighted by Crippen LogP contribution is -2.43. The van der Waals surface area contributed by atoms with Gasteiger partial charge in [-0.05, 0) is 24.7 Å². The molecule has 5 heteroatoms. The number of carbonyl (C=O) groups excluding carboxylic acids is 2. The molecule has 1 atom stereocenters. The summed E-state index contributed by atoms with van der Waals surface area (Å²) in [6.45, 7) is 11.0. The normalized spacial score (nSPS) is 12.2. The Morgan fingerprint density at radius 2 is 1.20 bits per heavy atom. The molecule has 5 nitrogen and oxygen atoms in total. The summed E-state index contributed by atoms with van der Waals surface area (Å²) in [5.41, 5.74) is 0. The van der Waals surface area contributed by atoms with Gasteiger partial charge in [-0.1, -0.05) is 105 Å². The first-order valence-electron chi connectivity index (χ1n) is 12.5. The van der Waals surface area contributed by atoms with Crippen LogP contribution in [0.2, 0.25) is 0 Å². The molecule has 1 amide bonds. The molecule has 0 heterocycles. The molecule has 1 N–H and O–H groups in total. The molecule has 0 saturated heterocycles. The van der Waals surface area contributed by atoms with Crippen molar-refractivity contribution in [2.24, 2.45) is 11.8 Å². The molecule has 0 aromatic rings. The highest BCUT2D eigenvalue weighted by molar-refractivity contribution is 5.81. The minimum Gasteiger partial charge on any atom is -0.464 e. The van der Waals surface area contributed by atoms with Crippen molar-refractivity contribution in [3.05, 3.63) is 0 Å². The van der Waals surface area contributed by atoms with E-state index in [-0.39, 0.29) is 17.8 Å². The van der Waals surface area contributed by atoms with Crippen LogP contribution >= 0.6 is 0 Å². The number of hydrogen-bond donors (Lipinski definition) is 1. The van der Waals surface area contributed by atoms with E-state index in [9.17, 15) is 9.59 Å². The third-order valence-corrected chi connectivity index (χ3v) is 5.07. The van der Waals surface area contributed by atoms with E-state index in [1.54, 1.807) is 0 Å². The fourth-order valence-corrected chi connectivity index (χ4v) is 3.33. The first kappa shape index (κ1) is 28.7. The zero-order valence-corrected chi connectivity index (χ0v) is 20.5. The third-order valence-electron chi connectivity index (χ3n) is 5.07. The molecular weight excluding hydrogens is 378 g/mol. The summed E-state index contributed by atoms with van der Waals surface area (Å²) in [5.74, 6) is 0.185. The second kappa shape index (κ2) is 19.7. The molecule has 178 valence electrons. The van der Waals surface area contributed by atoms with Gasteiger partial charge in [0.05, 0.1) is 13.2 Å². The molecule has 0 radical (unpaired) electrons. The number of amides is 1. The monoisotopic (exact) mass is 427 g/mol. The van der Waals surface area contributed by atoms with Crippen LogP contribution in [0, 0.1) is 11.8 Å². The highest BCUT2D eigenvalue weighted by Crippen LogP contribution is 2.12. The van der Waals surface area contributed by atoms with Gasteiger partial charge in [-0.15, -0.1) is 0 Å². The number of rotatable bonds is 19. The first-order chi connectivity index (χ1) is 14.4. The molecule has 0 aliphatic rings. The van der Waals surface area contributed by atoms with Gasteiger partial charge in [0.25, 0.3) is 0 Å². The van der Waals surface area contributed by atoms with Gasteiger partial charge >= 0.3 is 12.1 Å². The molecular formula is C25H49NO4. The maximum atomic E-state index is 12.4. The van der Waals surface area contributed by atoms with E-state index in [4.69, 9.17) is 9.47 Å². The maximum absolute atomic E-state index is 12.4. The van der Waals surface area contributed by atoms with Crippen molar-refractivity contribution in [1.82, 2.24) is 5.32 Å². The fourth-order valence-electron chi connectivity index (χ4n) is 3.33. The Morgan fingerprint density at radius 3 is 1.67 bits per heavy atom. The van der Waals surface area contributed by atoms with E-state index in [0.717, 1.165) is 12.8 Å². The molecule has 0 aromatic heterocycles. The van der Waals surface area contributed by atoms with Gasteiger partial charge in [-0.3, -0.25) is 0 Å². The van der Waals surface area contributed by atoms with Crippen LogP contribution in [-0.2, 0) is 14.3 Å². The lowest BCUT2D eigenvalue weighted by Gasteiger charge is -2.19. The molecule has 30 heavy (non-hydrogen) atoms. The Balaban J connectivity index is 3.81. The summed E-state index contributed by atoms with van der Waals surface area (Å²) in [6, 6.07) is -0.637. The highest BCUT2D eigenvalue weighted by Gasteiger charge is 2.24. The molecule has 0 rings (SSSR count). The lowest BCUT2D eigenvalue weighted by molar-refractivity contribution is -0.146. The second-order valence-electron chi connectivity index (χ2n) is 9.38. The molecule has 0 saturated carbocycles. The lowest BCUT2D eigenvalue weighted by atomic mass is 10.0. The Morgan fingerprint density at radius 1 is 0.700 bits per heavy atom. The maximum Gasteiger partial charge on any atom is 0.407 e. The summed E-state index contributed by atoms with van der Waals surface area (Å²) in [6.07, 6.45) is 15.3. The van der Waals surface area contributed by atoms with Crippen molar-refractivity contribution in [2.75, 3.05) is 13.2 Å². The van der Waals surface area contributed by atoms with Crippen molar-refractivity contribution in [2.45, 2.75) is 124 Å². The first-order valence-corrected chi connectivity index (χ1v) is 12.5. The smallest absolute Gasteiger partial charge is 0.407 e. The number of alkyl carbamates (subject to hydrolysis) is 1. The SMILES string of the molecule is CCCCCCCCCCCCCCOC(=O)[C@H](CC(C)C)NC(=O)OCC(C)C. The van der Waals surface area contributed by atoms with Crippen LogP contribution in [0.1, 0.15) is 118 Å². The number of ether oxygens (including phenoxy) is 2. The van der Waals surface area contributed by atoms with Crippen molar-refractivity contribution in [3.8, 4) is 0 Å². The Hall–Kier alpha value is -1.26. The van der Waals surface area contributed by atoms with E-state index in [1.807, 2.05) is 27.7 Å². The number of unbranched alkanes of at least 4 members (excludes halogenated alkanes) is 11. The topological polar surface area (TPSA) is 64.6 Å². The molecule has 0 unspecified atom stereocenters. The summed E-state index contributed by atoms with van der Waals surface area (Å²) < 4.78 is 10.5. The Labute approximate surface area is 186 Å². The second-order valence-corrected chi connectivity index (χ2v) is 9.38. The van der Waals surface area contributed by atoms with Crippen molar-refractivity contribution in [1.29, 1.82) is 0 Å². The molecule has 0 fully saturated rings. The Kier molecular flexibility index (Phi) is 18.9. The number of hydrogen-bond acceptors (Lipinski definition) is 4. The average Bonchev–Trinajstić information content (AvgIpc) is 2.69. The van der Waals surface area contributed by atoms with Gasteiger partial charge in [-0.25, -0.2) is 9.59 Å². The van der Waals surface area contributed by atoms with E-state index in [2.05, 4.69) is 12.2 Å². The van der Waals surface area contributed by atoms with Crippen LogP contribution in [0.3, 0.4) is 0 Å². The van der Waals surface area contributed by atoms with Crippen LogP contribution in [0.4, 0.5) is 4.79 Å². The van der Waals surface area contributed by atoms with Gasteiger partial charge < -0.3 is 14.8 Å². The average molecular weight is 428 g/mol. The highest BCUT2D eigenvalue weighted by atomic mass is 16.6. The van der Waals surface area contributed by atoms with Gasteiger partial charge in [0.1, 0.15) is 6.04 Å². The summed E-state index contributed by atoms with van der Waals surface area (Å²) >= 11 is 0. The predicted molar refractivity (Wildman–Crippen MR) is 125 cm³/mol. The molecule has 0 spiro atoms. The van der Waals surface area contributed by atoms with E-state index < -0.39 is 12.1 Å². The van der Waals surface area contributed by atoms with Gasteiger partial charge in [-0.2, -0.15) is 0 Å². The molecule has 0 aliphatic carbocycles. The quantitative estimate of drug-likeness (QED) is 0.177. The molecule has 0 aliphatic heterocycles. The van der Waals surface area contributed by atoms with Crippen LogP contribution in [-0.4, -0.2) is 31.3 Å². The zero-order valence-electron chi connectivity index (χ0n) is 20.5. The van der Waals surface area contributed by atoms with Crippen LogP contribution < -0.4 is 5.32 Å². The minimum absolute atomic E-state index is 0.261. The number of carbonyl (C=O) groups is 2. The fraction of sp³-hybridized carbons (Fsp3) is 0.920. The number of esters is 1. The van der Waals surface area contributed by atoms with Gasteiger partial charge in [0, 0.05) is 0 Å². The number of nitrogens with one attached hydrogen (secondary N) is 1.